The number of hydrogen-bond acceptors (Lipinski definition) is 5. The lowest BCUT2D eigenvalue weighted by atomic mass is 9.99. The third-order valence-corrected chi connectivity index (χ3v) is 3.45. The van der Waals surface area contributed by atoms with Crippen molar-refractivity contribution in [1.29, 1.82) is 0 Å². The normalized spacial score (nSPS) is 29.4. The lowest BCUT2D eigenvalue weighted by Crippen LogP contribution is -2.50. The minimum absolute atomic E-state index is 0.168. The lowest BCUT2D eigenvalue weighted by Gasteiger charge is -2.35. The van der Waals surface area contributed by atoms with Crippen molar-refractivity contribution in [3.8, 4) is 0 Å². The van der Waals surface area contributed by atoms with E-state index < -0.39 is 0 Å². The topological polar surface area (TPSA) is 80.3 Å². The zero-order chi connectivity index (χ0) is 12.1. The highest BCUT2D eigenvalue weighted by molar-refractivity contribution is 5.84. The van der Waals surface area contributed by atoms with Crippen LogP contribution in [-0.2, 0) is 9.47 Å². The van der Waals surface area contributed by atoms with Gasteiger partial charge in [0, 0.05) is 32.8 Å². The molecule has 0 aromatic heterocycles. The van der Waals surface area contributed by atoms with Crippen molar-refractivity contribution in [2.75, 3.05) is 39.5 Å². The monoisotopic (exact) mass is 243 g/mol. The van der Waals surface area contributed by atoms with Crippen molar-refractivity contribution in [1.82, 2.24) is 4.90 Å². The summed E-state index contributed by atoms with van der Waals surface area (Å²) in [4.78, 5) is 2.34. The number of hydrogen-bond donors (Lipinski definition) is 2. The lowest BCUT2D eigenvalue weighted by molar-refractivity contribution is -0.0124. The maximum absolute atomic E-state index is 8.64. The first kappa shape index (κ1) is 12.6. The van der Waals surface area contributed by atoms with Crippen LogP contribution in [0.1, 0.15) is 12.8 Å². The van der Waals surface area contributed by atoms with Crippen molar-refractivity contribution in [3.63, 3.8) is 0 Å². The summed E-state index contributed by atoms with van der Waals surface area (Å²) in [6, 6.07) is 0. The molecule has 2 rings (SSSR count). The average molecular weight is 243 g/mol. The molecule has 0 aromatic carbocycles. The number of amidine groups is 1. The Bertz CT molecular complexity index is 267. The van der Waals surface area contributed by atoms with E-state index in [1.165, 1.54) is 0 Å². The molecule has 6 nitrogen and oxygen atoms in total. The van der Waals surface area contributed by atoms with Gasteiger partial charge in [0.15, 0.2) is 5.84 Å². The molecule has 2 aliphatic heterocycles. The van der Waals surface area contributed by atoms with E-state index >= 15 is 0 Å². The molecule has 0 spiro atoms. The van der Waals surface area contributed by atoms with Crippen LogP contribution in [-0.4, -0.2) is 61.5 Å². The highest BCUT2D eigenvalue weighted by Gasteiger charge is 2.26. The number of morpholine rings is 1. The minimum Gasteiger partial charge on any atom is -0.409 e. The molecule has 17 heavy (non-hydrogen) atoms. The smallest absolute Gasteiger partial charge is 0.169 e. The molecule has 0 radical (unpaired) electrons. The van der Waals surface area contributed by atoms with Crippen LogP contribution in [0.25, 0.3) is 0 Å². The molecule has 0 aromatic rings. The van der Waals surface area contributed by atoms with Crippen molar-refractivity contribution in [2.24, 2.45) is 16.8 Å². The molecule has 0 aliphatic carbocycles. The molecule has 6 heteroatoms. The van der Waals surface area contributed by atoms with Gasteiger partial charge in [-0.15, -0.1) is 0 Å². The van der Waals surface area contributed by atoms with Gasteiger partial charge in [-0.25, -0.2) is 0 Å². The first-order valence-electron chi connectivity index (χ1n) is 6.18. The Labute approximate surface area is 101 Å². The first-order valence-corrected chi connectivity index (χ1v) is 6.18. The van der Waals surface area contributed by atoms with Gasteiger partial charge in [-0.2, -0.15) is 0 Å². The third kappa shape index (κ3) is 3.55. The van der Waals surface area contributed by atoms with E-state index in [9.17, 15) is 0 Å². The molecule has 2 fully saturated rings. The van der Waals surface area contributed by atoms with E-state index in [1.807, 2.05) is 0 Å². The molecule has 2 saturated heterocycles. The van der Waals surface area contributed by atoms with E-state index in [2.05, 4.69) is 10.1 Å². The summed E-state index contributed by atoms with van der Waals surface area (Å²) in [6.07, 6.45) is 1.99. The van der Waals surface area contributed by atoms with Crippen LogP contribution in [0.2, 0.25) is 0 Å². The minimum atomic E-state index is -0.270. The number of nitrogens with zero attached hydrogens (tertiary/aromatic N) is 2. The molecular weight excluding hydrogens is 222 g/mol. The molecule has 1 atom stereocenters. The van der Waals surface area contributed by atoms with Gasteiger partial charge >= 0.3 is 0 Å². The fraction of sp³-hybridized carbons (Fsp3) is 0.909. The Hall–Kier alpha value is -0.850. The molecular formula is C11H21N3O3. The summed E-state index contributed by atoms with van der Waals surface area (Å²) in [5.41, 5.74) is 5.57. The maximum Gasteiger partial charge on any atom is 0.169 e. The van der Waals surface area contributed by atoms with E-state index in [-0.39, 0.29) is 11.9 Å². The number of rotatable bonds is 3. The summed E-state index contributed by atoms with van der Waals surface area (Å²) in [6.45, 7) is 5.09. The summed E-state index contributed by atoms with van der Waals surface area (Å²) in [5, 5.41) is 11.7. The van der Waals surface area contributed by atoms with Crippen LogP contribution in [0.15, 0.2) is 5.16 Å². The largest absolute Gasteiger partial charge is 0.409 e. The van der Waals surface area contributed by atoms with Crippen LogP contribution >= 0.6 is 0 Å². The second-order valence-corrected chi connectivity index (χ2v) is 4.70. The Morgan fingerprint density at radius 1 is 1.35 bits per heavy atom. The molecule has 0 bridgehead atoms. The van der Waals surface area contributed by atoms with Crippen LogP contribution < -0.4 is 5.73 Å². The molecule has 2 aliphatic rings. The van der Waals surface area contributed by atoms with Crippen LogP contribution in [0.4, 0.5) is 0 Å². The van der Waals surface area contributed by atoms with Gasteiger partial charge < -0.3 is 20.4 Å². The van der Waals surface area contributed by atoms with Crippen LogP contribution in [0.3, 0.4) is 0 Å². The number of ether oxygens (including phenoxy) is 2. The number of nitrogens with two attached hydrogens (primary N) is 1. The summed E-state index contributed by atoms with van der Waals surface area (Å²) >= 11 is 0. The fourth-order valence-electron chi connectivity index (χ4n) is 2.41. The van der Waals surface area contributed by atoms with E-state index in [4.69, 9.17) is 20.4 Å². The van der Waals surface area contributed by atoms with Gasteiger partial charge in [-0.1, -0.05) is 5.16 Å². The predicted molar refractivity (Wildman–Crippen MR) is 63.1 cm³/mol. The molecule has 0 saturated carbocycles. The van der Waals surface area contributed by atoms with Gasteiger partial charge in [0.05, 0.1) is 6.61 Å². The molecule has 3 N–H and O–H groups in total. The second kappa shape index (κ2) is 6.18. The zero-order valence-electron chi connectivity index (χ0n) is 10.0. The van der Waals surface area contributed by atoms with Crippen molar-refractivity contribution < 1.29 is 14.7 Å². The predicted octanol–water partition coefficient (Wildman–Crippen LogP) is -0.140. The Morgan fingerprint density at radius 2 is 2.12 bits per heavy atom. The summed E-state index contributed by atoms with van der Waals surface area (Å²) < 4.78 is 10.8. The molecule has 98 valence electrons. The fourth-order valence-corrected chi connectivity index (χ4v) is 2.41. The quantitative estimate of drug-likeness (QED) is 0.312. The summed E-state index contributed by atoms with van der Waals surface area (Å²) in [5.74, 6) is 0.872. The van der Waals surface area contributed by atoms with Crippen molar-refractivity contribution >= 4 is 5.84 Å². The van der Waals surface area contributed by atoms with Gasteiger partial charge in [0.1, 0.15) is 6.10 Å². The van der Waals surface area contributed by atoms with E-state index in [0.717, 1.165) is 39.1 Å². The average Bonchev–Trinajstić information content (AvgIpc) is 2.39. The Kier molecular flexibility index (Phi) is 4.58. The highest BCUT2D eigenvalue weighted by Crippen LogP contribution is 2.17. The summed E-state index contributed by atoms with van der Waals surface area (Å²) in [7, 11) is 0. The van der Waals surface area contributed by atoms with Crippen molar-refractivity contribution in [3.05, 3.63) is 0 Å². The molecule has 1 unspecified atom stereocenters. The van der Waals surface area contributed by atoms with E-state index in [0.29, 0.717) is 19.1 Å². The second-order valence-electron chi connectivity index (χ2n) is 4.70. The SMILES string of the molecule is NC(=NO)C1CN(CC2CCOCC2)CCO1. The molecule has 0 amide bonds. The zero-order valence-corrected chi connectivity index (χ0v) is 10.0. The number of oxime groups is 1. The molecule has 2 heterocycles. The van der Waals surface area contributed by atoms with Gasteiger partial charge in [0.2, 0.25) is 0 Å². The Balaban J connectivity index is 1.80. The maximum atomic E-state index is 8.64. The highest BCUT2D eigenvalue weighted by atomic mass is 16.5. The van der Waals surface area contributed by atoms with Crippen molar-refractivity contribution in [2.45, 2.75) is 18.9 Å². The Morgan fingerprint density at radius 3 is 2.82 bits per heavy atom. The first-order chi connectivity index (χ1) is 8.29. The third-order valence-electron chi connectivity index (χ3n) is 3.45. The standard InChI is InChI=1S/C11H21N3O3/c12-11(13-15)10-8-14(3-6-17-10)7-9-1-4-16-5-2-9/h9-10,15H,1-8H2,(H2,12,13). The van der Waals surface area contributed by atoms with Gasteiger partial charge in [0.25, 0.3) is 0 Å². The van der Waals surface area contributed by atoms with Crippen LogP contribution in [0, 0.1) is 5.92 Å². The van der Waals surface area contributed by atoms with E-state index in [1.54, 1.807) is 0 Å². The van der Waals surface area contributed by atoms with Gasteiger partial charge in [-0.05, 0) is 18.8 Å². The van der Waals surface area contributed by atoms with Gasteiger partial charge in [-0.3, -0.25) is 4.90 Å². The van der Waals surface area contributed by atoms with Crippen LogP contribution in [0.5, 0.6) is 0 Å².